The summed E-state index contributed by atoms with van der Waals surface area (Å²) in [4.78, 5) is 12.6. The number of hydrogen-bond acceptors (Lipinski definition) is 4. The SMILES string of the molecule is CCC(C)(CC)NC(=O)C1(C(N)=NO)CCOCC1. The minimum absolute atomic E-state index is 0.0251. The van der Waals surface area contributed by atoms with Gasteiger partial charge in [0.05, 0.1) is 0 Å². The number of nitrogens with zero attached hydrogens (tertiary/aromatic N) is 1. The number of hydrogen-bond donors (Lipinski definition) is 3. The van der Waals surface area contributed by atoms with Gasteiger partial charge in [-0.1, -0.05) is 19.0 Å². The van der Waals surface area contributed by atoms with E-state index < -0.39 is 5.41 Å². The van der Waals surface area contributed by atoms with Gasteiger partial charge >= 0.3 is 0 Å². The van der Waals surface area contributed by atoms with Crippen LogP contribution >= 0.6 is 0 Å². The topological polar surface area (TPSA) is 96.9 Å². The third-order valence-electron chi connectivity index (χ3n) is 4.36. The Morgan fingerprint density at radius 1 is 1.42 bits per heavy atom. The highest BCUT2D eigenvalue weighted by Crippen LogP contribution is 2.32. The second-order valence-electron chi connectivity index (χ2n) is 5.40. The van der Waals surface area contributed by atoms with Crippen LogP contribution in [0.5, 0.6) is 0 Å². The van der Waals surface area contributed by atoms with Gasteiger partial charge in [0.2, 0.25) is 5.91 Å². The van der Waals surface area contributed by atoms with E-state index in [1.54, 1.807) is 0 Å². The van der Waals surface area contributed by atoms with Gasteiger partial charge in [0, 0.05) is 18.8 Å². The maximum Gasteiger partial charge on any atom is 0.234 e. The molecular weight excluding hydrogens is 246 g/mol. The fourth-order valence-corrected chi connectivity index (χ4v) is 2.24. The van der Waals surface area contributed by atoms with E-state index in [9.17, 15) is 4.79 Å². The zero-order valence-corrected chi connectivity index (χ0v) is 12.0. The first kappa shape index (κ1) is 15.8. The van der Waals surface area contributed by atoms with E-state index >= 15 is 0 Å². The molecule has 1 rings (SSSR count). The Labute approximate surface area is 114 Å². The first-order valence-corrected chi connectivity index (χ1v) is 6.82. The lowest BCUT2D eigenvalue weighted by Crippen LogP contribution is -2.57. The van der Waals surface area contributed by atoms with Crippen molar-refractivity contribution in [3.8, 4) is 0 Å². The fraction of sp³-hybridized carbons (Fsp3) is 0.846. The van der Waals surface area contributed by atoms with Crippen LogP contribution in [0.1, 0.15) is 46.5 Å². The van der Waals surface area contributed by atoms with Crippen molar-refractivity contribution in [2.24, 2.45) is 16.3 Å². The molecule has 6 nitrogen and oxygen atoms in total. The van der Waals surface area contributed by atoms with Crippen molar-refractivity contribution in [2.75, 3.05) is 13.2 Å². The molecule has 110 valence electrons. The van der Waals surface area contributed by atoms with Crippen molar-refractivity contribution in [3.63, 3.8) is 0 Å². The summed E-state index contributed by atoms with van der Waals surface area (Å²) in [5, 5.41) is 15.1. The minimum atomic E-state index is -0.946. The van der Waals surface area contributed by atoms with E-state index in [1.165, 1.54) is 0 Å². The lowest BCUT2D eigenvalue weighted by Gasteiger charge is -2.38. The summed E-state index contributed by atoms with van der Waals surface area (Å²) in [5.74, 6) is -0.194. The molecule has 0 aliphatic carbocycles. The molecule has 19 heavy (non-hydrogen) atoms. The van der Waals surface area contributed by atoms with Crippen LogP contribution in [0.25, 0.3) is 0 Å². The van der Waals surface area contributed by atoms with Gasteiger partial charge in [-0.05, 0) is 32.6 Å². The maximum absolute atomic E-state index is 12.6. The zero-order chi connectivity index (χ0) is 14.5. The van der Waals surface area contributed by atoms with Crippen LogP contribution in [0.4, 0.5) is 0 Å². The summed E-state index contributed by atoms with van der Waals surface area (Å²) in [6.07, 6.45) is 2.55. The van der Waals surface area contributed by atoms with E-state index in [4.69, 9.17) is 15.7 Å². The van der Waals surface area contributed by atoms with Crippen molar-refractivity contribution in [1.82, 2.24) is 5.32 Å². The molecule has 1 heterocycles. The van der Waals surface area contributed by atoms with Crippen LogP contribution in [0.15, 0.2) is 5.16 Å². The molecule has 1 amide bonds. The van der Waals surface area contributed by atoms with E-state index in [2.05, 4.69) is 10.5 Å². The van der Waals surface area contributed by atoms with Crippen LogP contribution in [-0.2, 0) is 9.53 Å². The van der Waals surface area contributed by atoms with Gasteiger partial charge in [0.1, 0.15) is 5.41 Å². The predicted octanol–water partition coefficient (Wildman–Crippen LogP) is 1.22. The number of rotatable bonds is 5. The Hall–Kier alpha value is -1.30. The second kappa shape index (κ2) is 6.23. The number of carbonyl (C=O) groups is 1. The number of nitrogens with two attached hydrogens (primary N) is 1. The van der Waals surface area contributed by atoms with E-state index in [0.717, 1.165) is 12.8 Å². The van der Waals surface area contributed by atoms with Gasteiger partial charge in [-0.2, -0.15) is 0 Å². The van der Waals surface area contributed by atoms with Crippen LogP contribution in [0.2, 0.25) is 0 Å². The highest BCUT2D eigenvalue weighted by Gasteiger charge is 2.46. The lowest BCUT2D eigenvalue weighted by atomic mass is 9.77. The van der Waals surface area contributed by atoms with Gasteiger partial charge in [0.15, 0.2) is 5.84 Å². The largest absolute Gasteiger partial charge is 0.409 e. The average Bonchev–Trinajstić information content (AvgIpc) is 2.46. The summed E-state index contributed by atoms with van der Waals surface area (Å²) < 4.78 is 5.28. The molecule has 0 aromatic heterocycles. The third kappa shape index (κ3) is 3.18. The van der Waals surface area contributed by atoms with Crippen molar-refractivity contribution in [3.05, 3.63) is 0 Å². The highest BCUT2D eigenvalue weighted by atomic mass is 16.5. The van der Waals surface area contributed by atoms with Crippen LogP contribution in [-0.4, -0.2) is 35.7 Å². The van der Waals surface area contributed by atoms with Crippen molar-refractivity contribution < 1.29 is 14.7 Å². The molecule has 1 saturated heterocycles. The number of amidine groups is 1. The predicted molar refractivity (Wildman–Crippen MR) is 73.0 cm³/mol. The van der Waals surface area contributed by atoms with E-state index in [-0.39, 0.29) is 17.3 Å². The number of nitrogens with one attached hydrogen (secondary N) is 1. The standard InChI is InChI=1S/C13H25N3O3/c1-4-12(3,5-2)15-11(17)13(10(14)16-18)6-8-19-9-7-13/h18H,4-9H2,1-3H3,(H2,14,16)(H,15,17). The lowest BCUT2D eigenvalue weighted by molar-refractivity contribution is -0.133. The molecule has 0 saturated carbocycles. The van der Waals surface area contributed by atoms with Crippen LogP contribution in [0, 0.1) is 5.41 Å². The van der Waals surface area contributed by atoms with E-state index in [0.29, 0.717) is 26.1 Å². The zero-order valence-electron chi connectivity index (χ0n) is 12.0. The number of amides is 1. The molecule has 1 aliphatic heterocycles. The maximum atomic E-state index is 12.6. The Bertz CT molecular complexity index is 345. The fourth-order valence-electron chi connectivity index (χ4n) is 2.24. The summed E-state index contributed by atoms with van der Waals surface area (Å²) in [6.45, 7) is 6.95. The first-order chi connectivity index (χ1) is 8.94. The van der Waals surface area contributed by atoms with Gasteiger partial charge < -0.3 is 21.0 Å². The molecule has 0 aromatic carbocycles. The number of oxime groups is 1. The molecule has 1 fully saturated rings. The Balaban J connectivity index is 2.96. The monoisotopic (exact) mass is 271 g/mol. The minimum Gasteiger partial charge on any atom is -0.409 e. The summed E-state index contributed by atoms with van der Waals surface area (Å²) in [6, 6.07) is 0. The van der Waals surface area contributed by atoms with Crippen molar-refractivity contribution in [2.45, 2.75) is 52.0 Å². The van der Waals surface area contributed by atoms with Crippen LogP contribution in [0.3, 0.4) is 0 Å². The Morgan fingerprint density at radius 2 is 1.95 bits per heavy atom. The second-order valence-corrected chi connectivity index (χ2v) is 5.40. The molecule has 0 aromatic rings. The smallest absolute Gasteiger partial charge is 0.234 e. The summed E-state index contributed by atoms with van der Waals surface area (Å²) in [7, 11) is 0. The van der Waals surface area contributed by atoms with Gasteiger partial charge in [-0.3, -0.25) is 4.79 Å². The van der Waals surface area contributed by atoms with Gasteiger partial charge in [-0.15, -0.1) is 0 Å². The molecule has 6 heteroatoms. The quantitative estimate of drug-likeness (QED) is 0.303. The summed E-state index contributed by atoms with van der Waals surface area (Å²) in [5.41, 5.74) is 4.56. The Morgan fingerprint density at radius 3 is 2.37 bits per heavy atom. The molecule has 0 spiro atoms. The molecule has 0 unspecified atom stereocenters. The summed E-state index contributed by atoms with van der Waals surface area (Å²) >= 11 is 0. The van der Waals surface area contributed by atoms with Gasteiger partial charge in [0.25, 0.3) is 0 Å². The van der Waals surface area contributed by atoms with Crippen LogP contribution < -0.4 is 11.1 Å². The molecule has 0 atom stereocenters. The van der Waals surface area contributed by atoms with Crippen molar-refractivity contribution >= 4 is 11.7 Å². The van der Waals surface area contributed by atoms with E-state index in [1.807, 2.05) is 20.8 Å². The molecular formula is C13H25N3O3. The van der Waals surface area contributed by atoms with Crippen molar-refractivity contribution in [1.29, 1.82) is 0 Å². The van der Waals surface area contributed by atoms with Gasteiger partial charge in [-0.25, -0.2) is 0 Å². The molecule has 1 aliphatic rings. The number of carbonyl (C=O) groups excluding carboxylic acids is 1. The average molecular weight is 271 g/mol. The Kier molecular flexibility index (Phi) is 5.17. The molecule has 4 N–H and O–H groups in total. The molecule has 0 bridgehead atoms. The third-order valence-corrected chi connectivity index (χ3v) is 4.36. The first-order valence-electron chi connectivity index (χ1n) is 6.82. The highest BCUT2D eigenvalue weighted by molar-refractivity contribution is 6.07. The normalized spacial score (nSPS) is 20.1. The number of ether oxygens (including phenoxy) is 1. The molecule has 0 radical (unpaired) electrons.